The van der Waals surface area contributed by atoms with Gasteiger partial charge in [-0.15, -0.1) is 0 Å². The second kappa shape index (κ2) is 5.90. The third kappa shape index (κ3) is 2.93. The summed E-state index contributed by atoms with van der Waals surface area (Å²) in [4.78, 5) is 0. The highest BCUT2D eigenvalue weighted by molar-refractivity contribution is 6.30. The Labute approximate surface area is 124 Å². The van der Waals surface area contributed by atoms with Gasteiger partial charge in [0.2, 0.25) is 0 Å². The van der Waals surface area contributed by atoms with Crippen LogP contribution in [0.2, 0.25) is 0 Å². The fourth-order valence-corrected chi connectivity index (χ4v) is 3.31. The lowest BCUT2D eigenvalue weighted by molar-refractivity contribution is -0.0120. The minimum absolute atomic E-state index is 0.0929. The molecule has 2 unspecified atom stereocenters. The van der Waals surface area contributed by atoms with Crippen molar-refractivity contribution in [2.24, 2.45) is 5.73 Å². The lowest BCUT2D eigenvalue weighted by Gasteiger charge is -2.33. The summed E-state index contributed by atoms with van der Waals surface area (Å²) in [6.07, 6.45) is 9.86. The molecule has 0 radical (unpaired) electrons. The second-order valence-electron chi connectivity index (χ2n) is 5.78. The van der Waals surface area contributed by atoms with Crippen LogP contribution >= 0.6 is 11.6 Å². The van der Waals surface area contributed by atoms with E-state index in [0.29, 0.717) is 11.1 Å². The number of halogens is 1. The summed E-state index contributed by atoms with van der Waals surface area (Å²) in [7, 11) is 0. The zero-order valence-corrected chi connectivity index (χ0v) is 12.1. The predicted molar refractivity (Wildman–Crippen MR) is 79.0 cm³/mol. The molecule has 0 aromatic carbocycles. The molecule has 2 aliphatic carbocycles. The molecule has 3 aliphatic rings. The Morgan fingerprint density at radius 3 is 2.80 bits per heavy atom. The molecule has 1 aliphatic heterocycles. The van der Waals surface area contributed by atoms with E-state index in [1.54, 1.807) is 6.20 Å². The Kier molecular flexibility index (Phi) is 4.17. The normalized spacial score (nSPS) is 37.2. The van der Waals surface area contributed by atoms with Crippen LogP contribution in [-0.4, -0.2) is 29.6 Å². The number of hydrogen-bond acceptors (Lipinski definition) is 4. The van der Waals surface area contributed by atoms with Gasteiger partial charge in [-0.3, -0.25) is 0 Å². The molecule has 0 spiro atoms. The molecule has 110 valence electrons. The molecular weight excluding hydrogens is 276 g/mol. The van der Waals surface area contributed by atoms with Gasteiger partial charge in [0.1, 0.15) is 0 Å². The molecule has 4 N–H and O–H groups in total. The van der Waals surface area contributed by atoms with E-state index < -0.39 is 6.23 Å². The van der Waals surface area contributed by atoms with Crippen LogP contribution in [0.5, 0.6) is 0 Å². The van der Waals surface area contributed by atoms with E-state index in [0.717, 1.165) is 43.3 Å². The molecule has 2 atom stereocenters. The maximum Gasteiger partial charge on any atom is 0.150 e. The summed E-state index contributed by atoms with van der Waals surface area (Å²) < 4.78 is 6.15. The lowest BCUT2D eigenvalue weighted by Crippen LogP contribution is -2.35. The molecule has 0 saturated heterocycles. The summed E-state index contributed by atoms with van der Waals surface area (Å²) in [6, 6.07) is 0.323. The molecule has 0 aromatic rings. The van der Waals surface area contributed by atoms with E-state index in [2.05, 4.69) is 5.32 Å². The standard InChI is InChI=1S/C15H21ClN2O2/c16-13-8-12-9(5-6-18-15(12)19)7-14(13)20-11-3-1-10(17)2-4-11/h5-6,8,10-11,14-15,18-19H,1-4,7,17H2. The van der Waals surface area contributed by atoms with Gasteiger partial charge >= 0.3 is 0 Å². The summed E-state index contributed by atoms with van der Waals surface area (Å²) in [6.45, 7) is 0. The predicted octanol–water partition coefficient (Wildman–Crippen LogP) is 1.90. The number of allylic oxidation sites excluding steroid dienone is 1. The topological polar surface area (TPSA) is 67.5 Å². The van der Waals surface area contributed by atoms with E-state index in [1.165, 1.54) is 0 Å². The van der Waals surface area contributed by atoms with Gasteiger partial charge in [0.25, 0.3) is 0 Å². The van der Waals surface area contributed by atoms with Crippen molar-refractivity contribution in [2.75, 3.05) is 0 Å². The second-order valence-corrected chi connectivity index (χ2v) is 6.21. The molecular formula is C15H21ClN2O2. The summed E-state index contributed by atoms with van der Waals surface area (Å²) in [5.74, 6) is 0. The Hall–Kier alpha value is -0.810. The monoisotopic (exact) mass is 296 g/mol. The van der Waals surface area contributed by atoms with Gasteiger partial charge < -0.3 is 20.9 Å². The number of hydrogen-bond donors (Lipinski definition) is 3. The van der Waals surface area contributed by atoms with E-state index in [9.17, 15) is 5.11 Å². The minimum atomic E-state index is -0.669. The van der Waals surface area contributed by atoms with Crippen molar-refractivity contribution in [3.8, 4) is 0 Å². The number of ether oxygens (including phenoxy) is 1. The first kappa shape index (κ1) is 14.1. The number of nitrogens with one attached hydrogen (secondary N) is 1. The molecule has 1 fully saturated rings. The summed E-state index contributed by atoms with van der Waals surface area (Å²) in [5.41, 5.74) is 7.86. The third-order valence-corrected chi connectivity index (χ3v) is 4.64. The molecule has 0 bridgehead atoms. The van der Waals surface area contributed by atoms with Gasteiger partial charge in [-0.25, -0.2) is 0 Å². The molecule has 20 heavy (non-hydrogen) atoms. The first-order valence-corrected chi connectivity index (χ1v) is 7.63. The Morgan fingerprint density at radius 2 is 2.05 bits per heavy atom. The maximum absolute atomic E-state index is 9.88. The van der Waals surface area contributed by atoms with Crippen LogP contribution in [0.3, 0.4) is 0 Å². The maximum atomic E-state index is 9.88. The Balaban J connectivity index is 1.65. The van der Waals surface area contributed by atoms with Crippen molar-refractivity contribution in [1.29, 1.82) is 0 Å². The van der Waals surface area contributed by atoms with Crippen LogP contribution < -0.4 is 11.1 Å². The van der Waals surface area contributed by atoms with E-state index in [4.69, 9.17) is 22.1 Å². The first-order chi connectivity index (χ1) is 9.63. The van der Waals surface area contributed by atoms with Crippen LogP contribution in [0.1, 0.15) is 32.1 Å². The average molecular weight is 297 g/mol. The highest BCUT2D eigenvalue weighted by Gasteiger charge is 2.29. The van der Waals surface area contributed by atoms with Gasteiger partial charge in [-0.1, -0.05) is 11.6 Å². The van der Waals surface area contributed by atoms with E-state index in [1.807, 2.05) is 12.2 Å². The van der Waals surface area contributed by atoms with E-state index in [-0.39, 0.29) is 12.2 Å². The fraction of sp³-hybridized carbons (Fsp3) is 0.600. The van der Waals surface area contributed by atoms with Crippen LogP contribution in [0.15, 0.2) is 34.5 Å². The number of rotatable bonds is 2. The molecule has 0 aromatic heterocycles. The lowest BCUT2D eigenvalue weighted by atomic mass is 9.91. The van der Waals surface area contributed by atoms with Crippen LogP contribution in [0, 0.1) is 0 Å². The van der Waals surface area contributed by atoms with Crippen LogP contribution in [0.25, 0.3) is 0 Å². The zero-order chi connectivity index (χ0) is 14.1. The van der Waals surface area contributed by atoms with Crippen molar-refractivity contribution in [2.45, 2.75) is 56.6 Å². The number of dihydropyridines is 1. The van der Waals surface area contributed by atoms with Gasteiger partial charge in [0.05, 0.1) is 12.2 Å². The SMILES string of the molecule is NC1CCC(OC2CC3=C(C=C2Cl)C(O)NC=C3)CC1. The van der Waals surface area contributed by atoms with Gasteiger partial charge in [0, 0.05) is 23.1 Å². The van der Waals surface area contributed by atoms with Gasteiger partial charge in [-0.05, 0) is 49.6 Å². The Morgan fingerprint density at radius 1 is 1.30 bits per heavy atom. The molecule has 0 amide bonds. The molecule has 5 heteroatoms. The number of aliphatic hydroxyl groups is 1. The zero-order valence-electron chi connectivity index (χ0n) is 11.4. The van der Waals surface area contributed by atoms with Crippen molar-refractivity contribution in [1.82, 2.24) is 5.32 Å². The molecule has 3 rings (SSSR count). The van der Waals surface area contributed by atoms with E-state index >= 15 is 0 Å². The molecule has 1 saturated carbocycles. The van der Waals surface area contributed by atoms with Crippen molar-refractivity contribution >= 4 is 11.6 Å². The van der Waals surface area contributed by atoms with Crippen molar-refractivity contribution in [3.63, 3.8) is 0 Å². The average Bonchev–Trinajstić information content (AvgIpc) is 2.43. The van der Waals surface area contributed by atoms with Gasteiger partial charge in [-0.2, -0.15) is 0 Å². The smallest absolute Gasteiger partial charge is 0.150 e. The van der Waals surface area contributed by atoms with Crippen LogP contribution in [-0.2, 0) is 4.74 Å². The van der Waals surface area contributed by atoms with Crippen LogP contribution in [0.4, 0.5) is 0 Å². The highest BCUT2D eigenvalue weighted by Crippen LogP contribution is 2.34. The van der Waals surface area contributed by atoms with Crippen molar-refractivity contribution in [3.05, 3.63) is 34.5 Å². The first-order valence-electron chi connectivity index (χ1n) is 7.25. The minimum Gasteiger partial charge on any atom is -0.369 e. The largest absolute Gasteiger partial charge is 0.369 e. The fourth-order valence-electron chi connectivity index (χ4n) is 3.07. The number of nitrogens with two attached hydrogens (primary N) is 1. The third-order valence-electron chi connectivity index (χ3n) is 4.29. The quantitative estimate of drug-likeness (QED) is 0.728. The summed E-state index contributed by atoms with van der Waals surface area (Å²) in [5, 5.41) is 13.4. The molecule has 4 nitrogen and oxygen atoms in total. The summed E-state index contributed by atoms with van der Waals surface area (Å²) >= 11 is 6.33. The molecule has 1 heterocycles. The van der Waals surface area contributed by atoms with Gasteiger partial charge in [0.15, 0.2) is 6.23 Å². The number of aliphatic hydroxyl groups excluding tert-OH is 1. The van der Waals surface area contributed by atoms with Crippen molar-refractivity contribution < 1.29 is 9.84 Å². The highest BCUT2D eigenvalue weighted by atomic mass is 35.5. The Bertz CT molecular complexity index is 464.